The molecule has 0 aliphatic carbocycles. The van der Waals surface area contributed by atoms with Gasteiger partial charge < -0.3 is 14.2 Å². The maximum Gasteiger partial charge on any atom is 0.0701 e. The average molecular weight is 211 g/mol. The van der Waals surface area contributed by atoms with Gasteiger partial charge in [0.25, 0.3) is 0 Å². The lowest BCUT2D eigenvalue weighted by Crippen LogP contribution is -2.10. The second-order valence-electron chi connectivity index (χ2n) is 2.53. The van der Waals surface area contributed by atoms with Crippen molar-refractivity contribution in [2.75, 3.05) is 45.5 Å². The van der Waals surface area contributed by atoms with Gasteiger partial charge >= 0.3 is 0 Å². The third-order valence-corrected chi connectivity index (χ3v) is 1.47. The Balaban J connectivity index is 2.76. The SMILES string of the molecule is CCCOCCOCCOCCCl. The Hall–Kier alpha value is 0.170. The molecule has 80 valence electrons. The Bertz CT molecular complexity index is 80.9. The fraction of sp³-hybridized carbons (Fsp3) is 1.00. The summed E-state index contributed by atoms with van der Waals surface area (Å²) in [6, 6.07) is 0. The highest BCUT2D eigenvalue weighted by Crippen LogP contribution is 1.83. The highest BCUT2D eigenvalue weighted by molar-refractivity contribution is 6.17. The van der Waals surface area contributed by atoms with E-state index in [4.69, 9.17) is 25.8 Å². The maximum absolute atomic E-state index is 5.41. The lowest BCUT2D eigenvalue weighted by Gasteiger charge is -2.04. The molecule has 0 radical (unpaired) electrons. The van der Waals surface area contributed by atoms with E-state index in [1.165, 1.54) is 0 Å². The lowest BCUT2D eigenvalue weighted by molar-refractivity contribution is 0.0174. The standard InChI is InChI=1S/C9H19ClO3/c1-2-4-11-6-8-13-9-7-12-5-3-10/h2-9H2,1H3. The topological polar surface area (TPSA) is 27.7 Å². The van der Waals surface area contributed by atoms with Gasteiger partial charge in [0.1, 0.15) is 0 Å². The van der Waals surface area contributed by atoms with Crippen molar-refractivity contribution in [1.29, 1.82) is 0 Å². The number of alkyl halides is 1. The van der Waals surface area contributed by atoms with Gasteiger partial charge in [0.05, 0.1) is 33.0 Å². The molecule has 0 bridgehead atoms. The summed E-state index contributed by atoms with van der Waals surface area (Å²) in [5.74, 6) is 0.541. The molecule has 3 nitrogen and oxygen atoms in total. The average Bonchev–Trinajstić information content (AvgIpc) is 2.16. The van der Waals surface area contributed by atoms with E-state index >= 15 is 0 Å². The van der Waals surface area contributed by atoms with Crippen LogP contribution in [0.5, 0.6) is 0 Å². The molecule has 0 saturated carbocycles. The Kier molecular flexibility index (Phi) is 12.3. The zero-order valence-corrected chi connectivity index (χ0v) is 9.02. The molecule has 0 N–H and O–H groups in total. The van der Waals surface area contributed by atoms with Crippen molar-refractivity contribution in [3.8, 4) is 0 Å². The third-order valence-electron chi connectivity index (χ3n) is 1.31. The third kappa shape index (κ3) is 12.2. The van der Waals surface area contributed by atoms with Crippen molar-refractivity contribution in [3.63, 3.8) is 0 Å². The first-order chi connectivity index (χ1) is 6.41. The number of halogens is 1. The molecule has 0 aliphatic heterocycles. The molecule has 0 aliphatic rings. The van der Waals surface area contributed by atoms with Crippen LogP contribution in [0.3, 0.4) is 0 Å². The number of ether oxygens (including phenoxy) is 3. The van der Waals surface area contributed by atoms with Gasteiger partial charge in [-0.25, -0.2) is 0 Å². The second kappa shape index (κ2) is 12.2. The van der Waals surface area contributed by atoms with Crippen molar-refractivity contribution in [1.82, 2.24) is 0 Å². The van der Waals surface area contributed by atoms with E-state index in [1.807, 2.05) is 0 Å². The van der Waals surface area contributed by atoms with E-state index in [0.29, 0.717) is 38.9 Å². The minimum atomic E-state index is 0.541. The van der Waals surface area contributed by atoms with Crippen LogP contribution in [0.25, 0.3) is 0 Å². The molecule has 0 fully saturated rings. The molecule has 0 rings (SSSR count). The van der Waals surface area contributed by atoms with Gasteiger partial charge in [0.15, 0.2) is 0 Å². The minimum Gasteiger partial charge on any atom is -0.379 e. The Morgan fingerprint density at radius 2 is 1.23 bits per heavy atom. The smallest absolute Gasteiger partial charge is 0.0701 e. The van der Waals surface area contributed by atoms with Gasteiger partial charge in [-0.05, 0) is 6.42 Å². The predicted molar refractivity (Wildman–Crippen MR) is 53.5 cm³/mol. The van der Waals surface area contributed by atoms with E-state index in [-0.39, 0.29) is 0 Å². The predicted octanol–water partition coefficient (Wildman–Crippen LogP) is 1.69. The zero-order valence-electron chi connectivity index (χ0n) is 8.26. The van der Waals surface area contributed by atoms with Gasteiger partial charge in [-0.2, -0.15) is 0 Å². The van der Waals surface area contributed by atoms with Crippen LogP contribution in [0, 0.1) is 0 Å². The maximum atomic E-state index is 5.41. The lowest BCUT2D eigenvalue weighted by atomic mass is 10.5. The summed E-state index contributed by atoms with van der Waals surface area (Å²) in [5.41, 5.74) is 0. The van der Waals surface area contributed by atoms with Crippen LogP contribution >= 0.6 is 11.6 Å². The van der Waals surface area contributed by atoms with E-state index in [0.717, 1.165) is 13.0 Å². The van der Waals surface area contributed by atoms with Gasteiger partial charge in [-0.1, -0.05) is 6.92 Å². The summed E-state index contributed by atoms with van der Waals surface area (Å²) in [7, 11) is 0. The molecule has 0 atom stereocenters. The van der Waals surface area contributed by atoms with Crippen molar-refractivity contribution in [2.45, 2.75) is 13.3 Å². The molecule has 0 unspecified atom stereocenters. The molecule has 4 heteroatoms. The van der Waals surface area contributed by atoms with Crippen LogP contribution in [0.15, 0.2) is 0 Å². The van der Waals surface area contributed by atoms with E-state index in [1.54, 1.807) is 0 Å². The monoisotopic (exact) mass is 210 g/mol. The molecule has 0 aromatic heterocycles. The summed E-state index contributed by atoms with van der Waals surface area (Å²) in [5, 5.41) is 0. The van der Waals surface area contributed by atoms with Crippen molar-refractivity contribution < 1.29 is 14.2 Å². The van der Waals surface area contributed by atoms with E-state index < -0.39 is 0 Å². The first-order valence-corrected chi connectivity index (χ1v) is 5.24. The summed E-state index contributed by atoms with van der Waals surface area (Å²) in [4.78, 5) is 0. The Morgan fingerprint density at radius 1 is 0.769 bits per heavy atom. The van der Waals surface area contributed by atoms with Crippen molar-refractivity contribution >= 4 is 11.6 Å². The summed E-state index contributed by atoms with van der Waals surface area (Å²) >= 11 is 5.41. The number of hydrogen-bond acceptors (Lipinski definition) is 3. The zero-order chi connectivity index (χ0) is 9.78. The number of hydrogen-bond donors (Lipinski definition) is 0. The molecular formula is C9H19ClO3. The Morgan fingerprint density at radius 3 is 1.69 bits per heavy atom. The Labute approximate surface area is 85.3 Å². The first-order valence-electron chi connectivity index (χ1n) is 4.71. The van der Waals surface area contributed by atoms with Crippen LogP contribution < -0.4 is 0 Å². The van der Waals surface area contributed by atoms with Crippen LogP contribution in [-0.2, 0) is 14.2 Å². The highest BCUT2D eigenvalue weighted by Gasteiger charge is 1.89. The summed E-state index contributed by atoms with van der Waals surface area (Å²) < 4.78 is 15.6. The highest BCUT2D eigenvalue weighted by atomic mass is 35.5. The van der Waals surface area contributed by atoms with Crippen LogP contribution in [-0.4, -0.2) is 45.5 Å². The van der Waals surface area contributed by atoms with Gasteiger partial charge in [-0.15, -0.1) is 11.6 Å². The van der Waals surface area contributed by atoms with Gasteiger partial charge in [-0.3, -0.25) is 0 Å². The van der Waals surface area contributed by atoms with E-state index in [9.17, 15) is 0 Å². The van der Waals surface area contributed by atoms with Crippen LogP contribution in [0.4, 0.5) is 0 Å². The van der Waals surface area contributed by atoms with E-state index in [2.05, 4.69) is 6.92 Å². The van der Waals surface area contributed by atoms with Crippen molar-refractivity contribution in [2.24, 2.45) is 0 Å². The van der Waals surface area contributed by atoms with Gasteiger partial charge in [0, 0.05) is 12.5 Å². The normalized spacial score (nSPS) is 10.6. The number of rotatable bonds is 10. The molecule has 13 heavy (non-hydrogen) atoms. The molecular weight excluding hydrogens is 192 g/mol. The molecule has 0 saturated heterocycles. The van der Waals surface area contributed by atoms with Gasteiger partial charge in [0.2, 0.25) is 0 Å². The summed E-state index contributed by atoms with van der Waals surface area (Å²) in [6.07, 6.45) is 1.05. The second-order valence-corrected chi connectivity index (χ2v) is 2.90. The largest absolute Gasteiger partial charge is 0.379 e. The van der Waals surface area contributed by atoms with Crippen LogP contribution in [0.2, 0.25) is 0 Å². The molecule has 0 amide bonds. The first kappa shape index (κ1) is 13.2. The minimum absolute atomic E-state index is 0.541. The molecule has 0 aromatic carbocycles. The molecule has 0 spiro atoms. The van der Waals surface area contributed by atoms with Crippen LogP contribution in [0.1, 0.15) is 13.3 Å². The molecule has 0 heterocycles. The fourth-order valence-corrected chi connectivity index (χ4v) is 0.850. The van der Waals surface area contributed by atoms with Crippen molar-refractivity contribution in [3.05, 3.63) is 0 Å². The quantitative estimate of drug-likeness (QED) is 0.406. The molecule has 0 aromatic rings. The fourth-order valence-electron chi connectivity index (χ4n) is 0.741. The summed E-state index contributed by atoms with van der Waals surface area (Å²) in [6.45, 7) is 6.03.